The molecule has 0 spiro atoms. The van der Waals surface area contributed by atoms with Crippen LogP contribution in [0.15, 0.2) is 48.8 Å². The predicted molar refractivity (Wildman–Crippen MR) is 87.8 cm³/mol. The smallest absolute Gasteiger partial charge is 0.204 e. The van der Waals surface area contributed by atoms with Gasteiger partial charge in [0.2, 0.25) is 5.95 Å². The third kappa shape index (κ3) is 3.26. The van der Waals surface area contributed by atoms with Gasteiger partial charge in [-0.3, -0.25) is 4.98 Å². The first-order valence-electron chi connectivity index (χ1n) is 7.54. The first-order valence-corrected chi connectivity index (χ1v) is 7.54. The quantitative estimate of drug-likeness (QED) is 0.681. The summed E-state index contributed by atoms with van der Waals surface area (Å²) in [5.41, 5.74) is 3.24. The number of hydrogen-bond acceptors (Lipinski definition) is 4. The minimum atomic E-state index is 0.679. The molecule has 0 aliphatic heterocycles. The molecule has 114 valence electrons. The third-order valence-electron chi connectivity index (χ3n) is 3.49. The summed E-state index contributed by atoms with van der Waals surface area (Å²) in [5, 5.41) is 3.40. The molecule has 5 heteroatoms. The maximum atomic E-state index is 5.49. The standard InChI is InChI=1S/C17H20N4O/c1-2-22-11-10-21-16-8-4-3-7-15(16)20-17(21)19-13-14-6-5-9-18-12-14/h3-9,12H,2,10-11,13H2,1H3,(H,19,20). The van der Waals surface area contributed by atoms with Gasteiger partial charge in [-0.15, -0.1) is 0 Å². The topological polar surface area (TPSA) is 52.0 Å². The Labute approximate surface area is 130 Å². The molecule has 5 nitrogen and oxygen atoms in total. The maximum absolute atomic E-state index is 5.49. The molecule has 0 saturated heterocycles. The van der Waals surface area contributed by atoms with Crippen LogP contribution in [0, 0.1) is 0 Å². The molecule has 2 aromatic heterocycles. The second-order valence-corrected chi connectivity index (χ2v) is 4.99. The molecule has 0 unspecified atom stereocenters. The van der Waals surface area contributed by atoms with Crippen LogP contribution in [0.3, 0.4) is 0 Å². The molecule has 0 fully saturated rings. The van der Waals surface area contributed by atoms with Crippen LogP contribution < -0.4 is 5.32 Å². The van der Waals surface area contributed by atoms with Gasteiger partial charge < -0.3 is 14.6 Å². The molecule has 0 bridgehead atoms. The van der Waals surface area contributed by atoms with Crippen molar-refractivity contribution in [1.29, 1.82) is 0 Å². The molecule has 22 heavy (non-hydrogen) atoms. The summed E-state index contributed by atoms with van der Waals surface area (Å²) in [6.07, 6.45) is 3.64. The van der Waals surface area contributed by atoms with E-state index < -0.39 is 0 Å². The van der Waals surface area contributed by atoms with E-state index in [0.717, 1.165) is 35.7 Å². The summed E-state index contributed by atoms with van der Waals surface area (Å²) in [5.74, 6) is 0.866. The number of hydrogen-bond donors (Lipinski definition) is 1. The van der Waals surface area contributed by atoms with Gasteiger partial charge >= 0.3 is 0 Å². The molecule has 3 rings (SSSR count). The second-order valence-electron chi connectivity index (χ2n) is 4.99. The van der Waals surface area contributed by atoms with Crippen molar-refractivity contribution in [2.45, 2.75) is 20.0 Å². The van der Waals surface area contributed by atoms with E-state index in [1.807, 2.05) is 43.5 Å². The lowest BCUT2D eigenvalue weighted by atomic mass is 10.3. The zero-order chi connectivity index (χ0) is 15.2. The number of para-hydroxylation sites is 2. The van der Waals surface area contributed by atoms with Crippen molar-refractivity contribution in [3.8, 4) is 0 Å². The summed E-state index contributed by atoms with van der Waals surface area (Å²) in [4.78, 5) is 8.82. The van der Waals surface area contributed by atoms with Crippen molar-refractivity contribution in [2.75, 3.05) is 18.5 Å². The van der Waals surface area contributed by atoms with Gasteiger partial charge in [0.15, 0.2) is 0 Å². The highest BCUT2D eigenvalue weighted by Gasteiger charge is 2.09. The molecule has 0 aliphatic rings. The Morgan fingerprint density at radius 2 is 2.09 bits per heavy atom. The summed E-state index contributed by atoms with van der Waals surface area (Å²) in [7, 11) is 0. The van der Waals surface area contributed by atoms with Crippen LogP contribution in [0.1, 0.15) is 12.5 Å². The monoisotopic (exact) mass is 296 g/mol. The molecule has 0 aliphatic carbocycles. The highest BCUT2D eigenvalue weighted by Crippen LogP contribution is 2.20. The number of ether oxygens (including phenoxy) is 1. The SMILES string of the molecule is CCOCCn1c(NCc2cccnc2)nc2ccccc21. The molecule has 1 N–H and O–H groups in total. The highest BCUT2D eigenvalue weighted by molar-refractivity contribution is 5.78. The van der Waals surface area contributed by atoms with E-state index >= 15 is 0 Å². The van der Waals surface area contributed by atoms with Crippen LogP contribution in [0.2, 0.25) is 0 Å². The Balaban J connectivity index is 1.82. The number of pyridine rings is 1. The van der Waals surface area contributed by atoms with Gasteiger partial charge in [0.25, 0.3) is 0 Å². The second kappa shape index (κ2) is 7.04. The molecular weight excluding hydrogens is 276 g/mol. The molecule has 0 radical (unpaired) electrons. The van der Waals surface area contributed by atoms with Gasteiger partial charge in [-0.05, 0) is 30.7 Å². The Kier molecular flexibility index (Phi) is 4.65. The van der Waals surface area contributed by atoms with Crippen LogP contribution in [0.5, 0.6) is 0 Å². The average molecular weight is 296 g/mol. The number of fused-ring (bicyclic) bond motifs is 1. The lowest BCUT2D eigenvalue weighted by molar-refractivity contribution is 0.140. The van der Waals surface area contributed by atoms with Crippen LogP contribution in [0.25, 0.3) is 11.0 Å². The summed E-state index contributed by atoms with van der Waals surface area (Å²) >= 11 is 0. The van der Waals surface area contributed by atoms with Crippen molar-refractivity contribution in [2.24, 2.45) is 0 Å². The number of nitrogens with one attached hydrogen (secondary N) is 1. The Hall–Kier alpha value is -2.40. The third-order valence-corrected chi connectivity index (χ3v) is 3.49. The highest BCUT2D eigenvalue weighted by atomic mass is 16.5. The van der Waals surface area contributed by atoms with Gasteiger partial charge in [-0.25, -0.2) is 4.98 Å². The van der Waals surface area contributed by atoms with Crippen LogP contribution in [-0.2, 0) is 17.8 Å². The zero-order valence-electron chi connectivity index (χ0n) is 12.7. The molecule has 0 amide bonds. The summed E-state index contributed by atoms with van der Waals surface area (Å²) < 4.78 is 7.66. The first-order chi connectivity index (χ1) is 10.9. The Morgan fingerprint density at radius 3 is 2.91 bits per heavy atom. The largest absolute Gasteiger partial charge is 0.380 e. The van der Waals surface area contributed by atoms with Gasteiger partial charge in [-0.1, -0.05) is 18.2 Å². The fourth-order valence-corrected chi connectivity index (χ4v) is 2.42. The molecule has 0 atom stereocenters. The summed E-state index contributed by atoms with van der Waals surface area (Å²) in [6.45, 7) is 4.90. The van der Waals surface area contributed by atoms with Crippen molar-refractivity contribution >= 4 is 17.0 Å². The van der Waals surface area contributed by atoms with E-state index in [0.29, 0.717) is 13.2 Å². The minimum Gasteiger partial charge on any atom is -0.380 e. The average Bonchev–Trinajstić information content (AvgIpc) is 2.92. The molecule has 3 aromatic rings. The van der Waals surface area contributed by atoms with E-state index in [2.05, 4.69) is 25.9 Å². The van der Waals surface area contributed by atoms with Gasteiger partial charge in [0, 0.05) is 32.1 Å². The van der Waals surface area contributed by atoms with Crippen molar-refractivity contribution < 1.29 is 4.74 Å². The first kappa shape index (κ1) is 14.5. The maximum Gasteiger partial charge on any atom is 0.204 e. The molecule has 0 saturated carbocycles. The molecule has 1 aromatic carbocycles. The van der Waals surface area contributed by atoms with Crippen molar-refractivity contribution in [1.82, 2.24) is 14.5 Å². The van der Waals surface area contributed by atoms with Gasteiger partial charge in [-0.2, -0.15) is 0 Å². The minimum absolute atomic E-state index is 0.679. The number of rotatable bonds is 7. The van der Waals surface area contributed by atoms with Crippen molar-refractivity contribution in [3.63, 3.8) is 0 Å². The number of anilines is 1. The van der Waals surface area contributed by atoms with E-state index in [4.69, 9.17) is 4.74 Å². The number of aromatic nitrogens is 3. The lowest BCUT2D eigenvalue weighted by Crippen LogP contribution is -2.11. The summed E-state index contributed by atoms with van der Waals surface area (Å²) in [6, 6.07) is 12.1. The Bertz CT molecular complexity index is 724. The van der Waals surface area contributed by atoms with Gasteiger partial charge in [0.1, 0.15) is 0 Å². The predicted octanol–water partition coefficient (Wildman–Crippen LogP) is 3.08. The van der Waals surface area contributed by atoms with E-state index in [1.165, 1.54) is 0 Å². The zero-order valence-corrected chi connectivity index (χ0v) is 12.7. The number of imidazole rings is 1. The number of nitrogens with zero attached hydrogens (tertiary/aromatic N) is 3. The van der Waals surface area contributed by atoms with Gasteiger partial charge in [0.05, 0.1) is 17.6 Å². The number of benzene rings is 1. The van der Waals surface area contributed by atoms with Crippen LogP contribution >= 0.6 is 0 Å². The van der Waals surface area contributed by atoms with E-state index in [9.17, 15) is 0 Å². The van der Waals surface area contributed by atoms with Crippen LogP contribution in [-0.4, -0.2) is 27.7 Å². The normalized spacial score (nSPS) is 11.0. The fraction of sp³-hybridized carbons (Fsp3) is 0.294. The van der Waals surface area contributed by atoms with Crippen LogP contribution in [0.4, 0.5) is 5.95 Å². The van der Waals surface area contributed by atoms with Crippen molar-refractivity contribution in [3.05, 3.63) is 54.4 Å². The molecular formula is C17H20N4O. The van der Waals surface area contributed by atoms with E-state index in [-0.39, 0.29) is 0 Å². The van der Waals surface area contributed by atoms with E-state index in [1.54, 1.807) is 6.20 Å². The molecule has 2 heterocycles. The lowest BCUT2D eigenvalue weighted by Gasteiger charge is -2.10. The fourth-order valence-electron chi connectivity index (χ4n) is 2.42. The Morgan fingerprint density at radius 1 is 1.18 bits per heavy atom.